The largest absolute Gasteiger partial charge is 0.465 e. The van der Waals surface area contributed by atoms with Gasteiger partial charge < -0.3 is 20.1 Å². The molecule has 1 aromatic carbocycles. The zero-order valence-electron chi connectivity index (χ0n) is 15.1. The molecule has 1 rings (SSSR count). The van der Waals surface area contributed by atoms with Crippen molar-refractivity contribution in [1.29, 1.82) is 0 Å². The summed E-state index contributed by atoms with van der Waals surface area (Å²) in [6.45, 7) is 6.94. The molecular formula is C18H26N2O5. The Labute approximate surface area is 148 Å². The van der Waals surface area contributed by atoms with Crippen LogP contribution in [0.1, 0.15) is 33.3 Å². The molecule has 1 atom stereocenters. The van der Waals surface area contributed by atoms with E-state index in [-0.39, 0.29) is 25.7 Å². The van der Waals surface area contributed by atoms with Crippen molar-refractivity contribution in [3.8, 4) is 0 Å². The number of hydrogen-bond acceptors (Lipinski definition) is 5. The van der Waals surface area contributed by atoms with Gasteiger partial charge in [0.1, 0.15) is 18.7 Å². The average molecular weight is 350 g/mol. The molecule has 0 aromatic heterocycles. The number of ether oxygens (including phenoxy) is 2. The number of amides is 2. The quantitative estimate of drug-likeness (QED) is 0.700. The van der Waals surface area contributed by atoms with Crippen LogP contribution in [0.3, 0.4) is 0 Å². The molecule has 0 aliphatic carbocycles. The summed E-state index contributed by atoms with van der Waals surface area (Å²) < 4.78 is 9.93. The second-order valence-electron chi connectivity index (χ2n) is 6.03. The summed E-state index contributed by atoms with van der Waals surface area (Å²) in [5.74, 6) is -1.24. The smallest absolute Gasteiger partial charge is 0.408 e. The minimum absolute atomic E-state index is 0.102. The molecule has 2 N–H and O–H groups in total. The number of carbonyl (C=O) groups excluding carboxylic acids is 3. The number of esters is 1. The number of carbonyl (C=O) groups is 3. The van der Waals surface area contributed by atoms with Gasteiger partial charge in [-0.05, 0) is 25.3 Å². The van der Waals surface area contributed by atoms with Crippen LogP contribution in [0, 0.1) is 5.92 Å². The topological polar surface area (TPSA) is 93.7 Å². The van der Waals surface area contributed by atoms with E-state index in [0.29, 0.717) is 0 Å². The first-order valence-corrected chi connectivity index (χ1v) is 8.22. The molecule has 1 aromatic rings. The van der Waals surface area contributed by atoms with Crippen LogP contribution in [-0.4, -0.2) is 36.7 Å². The summed E-state index contributed by atoms with van der Waals surface area (Å²) in [5.41, 5.74) is -0.379. The zero-order valence-corrected chi connectivity index (χ0v) is 15.1. The van der Waals surface area contributed by atoms with Gasteiger partial charge in [0.05, 0.1) is 6.61 Å². The predicted molar refractivity (Wildman–Crippen MR) is 92.6 cm³/mol. The van der Waals surface area contributed by atoms with Crippen LogP contribution >= 0.6 is 0 Å². The van der Waals surface area contributed by atoms with Crippen molar-refractivity contribution in [2.45, 2.75) is 39.8 Å². The maximum absolute atomic E-state index is 12.4. The summed E-state index contributed by atoms with van der Waals surface area (Å²) in [6.07, 6.45) is -0.702. The van der Waals surface area contributed by atoms with Crippen molar-refractivity contribution >= 4 is 18.0 Å². The van der Waals surface area contributed by atoms with Crippen LogP contribution < -0.4 is 10.6 Å². The molecule has 0 bridgehead atoms. The standard InChI is InChI=1S/C18H26N2O5/c1-5-24-15(21)11-19-16(22)18(4,13(2)3)20-17(23)25-12-14-9-7-6-8-10-14/h6-10,13H,5,11-12H2,1-4H3,(H,19,22)(H,20,23)/t18-/m0/s1. The van der Waals surface area contributed by atoms with Gasteiger partial charge in [-0.3, -0.25) is 9.59 Å². The second-order valence-corrected chi connectivity index (χ2v) is 6.03. The van der Waals surface area contributed by atoms with Crippen molar-refractivity contribution in [3.05, 3.63) is 35.9 Å². The maximum atomic E-state index is 12.4. The van der Waals surface area contributed by atoms with Gasteiger partial charge in [-0.2, -0.15) is 0 Å². The lowest BCUT2D eigenvalue weighted by Gasteiger charge is -2.32. The predicted octanol–water partition coefficient (Wildman–Crippen LogP) is 2.01. The molecule has 0 unspecified atom stereocenters. The van der Waals surface area contributed by atoms with Crippen LogP contribution in [0.4, 0.5) is 4.79 Å². The van der Waals surface area contributed by atoms with E-state index in [1.54, 1.807) is 27.7 Å². The molecule has 0 fully saturated rings. The molecule has 0 heterocycles. The highest BCUT2D eigenvalue weighted by Crippen LogP contribution is 2.17. The van der Waals surface area contributed by atoms with Crippen molar-refractivity contribution in [2.75, 3.05) is 13.2 Å². The molecule has 0 aliphatic heterocycles. The lowest BCUT2D eigenvalue weighted by atomic mass is 9.87. The Morgan fingerprint density at radius 3 is 2.32 bits per heavy atom. The van der Waals surface area contributed by atoms with E-state index in [4.69, 9.17) is 9.47 Å². The summed E-state index contributed by atoms with van der Waals surface area (Å²) in [5, 5.41) is 5.08. The molecule has 0 saturated carbocycles. The van der Waals surface area contributed by atoms with Gasteiger partial charge in [0.2, 0.25) is 5.91 Å². The van der Waals surface area contributed by atoms with Gasteiger partial charge in [-0.25, -0.2) is 4.79 Å². The minimum Gasteiger partial charge on any atom is -0.465 e. The molecule has 138 valence electrons. The molecule has 2 amide bonds. The highest BCUT2D eigenvalue weighted by atomic mass is 16.5. The van der Waals surface area contributed by atoms with Crippen LogP contribution in [0.2, 0.25) is 0 Å². The molecule has 7 nitrogen and oxygen atoms in total. The van der Waals surface area contributed by atoms with Crippen molar-refractivity contribution in [1.82, 2.24) is 10.6 Å². The fourth-order valence-electron chi connectivity index (χ4n) is 1.98. The Balaban J connectivity index is 2.62. The molecule has 0 saturated heterocycles. The zero-order chi connectivity index (χ0) is 18.9. The molecule has 0 radical (unpaired) electrons. The third-order valence-corrected chi connectivity index (χ3v) is 3.90. The lowest BCUT2D eigenvalue weighted by molar-refractivity contribution is -0.144. The minimum atomic E-state index is -1.22. The first kappa shape index (κ1) is 20.5. The maximum Gasteiger partial charge on any atom is 0.408 e. The summed E-state index contributed by atoms with van der Waals surface area (Å²) in [7, 11) is 0. The lowest BCUT2D eigenvalue weighted by Crippen LogP contribution is -2.60. The summed E-state index contributed by atoms with van der Waals surface area (Å²) in [4.78, 5) is 35.9. The van der Waals surface area contributed by atoms with Crippen LogP contribution in [0.25, 0.3) is 0 Å². The van der Waals surface area contributed by atoms with Gasteiger partial charge in [-0.15, -0.1) is 0 Å². The van der Waals surface area contributed by atoms with E-state index in [1.165, 1.54) is 0 Å². The average Bonchev–Trinajstić information content (AvgIpc) is 2.58. The Morgan fingerprint density at radius 2 is 1.76 bits per heavy atom. The van der Waals surface area contributed by atoms with Gasteiger partial charge in [0.25, 0.3) is 0 Å². The number of rotatable bonds is 8. The fourth-order valence-corrected chi connectivity index (χ4v) is 1.98. The van der Waals surface area contributed by atoms with Crippen molar-refractivity contribution < 1.29 is 23.9 Å². The van der Waals surface area contributed by atoms with E-state index >= 15 is 0 Å². The first-order chi connectivity index (χ1) is 11.8. The summed E-state index contributed by atoms with van der Waals surface area (Å²) in [6, 6.07) is 9.23. The van der Waals surface area contributed by atoms with E-state index in [9.17, 15) is 14.4 Å². The van der Waals surface area contributed by atoms with E-state index in [1.807, 2.05) is 30.3 Å². The van der Waals surface area contributed by atoms with E-state index in [0.717, 1.165) is 5.56 Å². The third-order valence-electron chi connectivity index (χ3n) is 3.90. The molecule has 0 aliphatic rings. The Bertz CT molecular complexity index is 588. The Kier molecular flexibility index (Phi) is 7.91. The van der Waals surface area contributed by atoms with Crippen molar-refractivity contribution in [2.24, 2.45) is 5.92 Å². The van der Waals surface area contributed by atoms with Crippen molar-refractivity contribution in [3.63, 3.8) is 0 Å². The Morgan fingerprint density at radius 1 is 1.12 bits per heavy atom. The number of benzene rings is 1. The highest BCUT2D eigenvalue weighted by Gasteiger charge is 2.38. The van der Waals surface area contributed by atoms with Gasteiger partial charge in [-0.1, -0.05) is 44.2 Å². The van der Waals surface area contributed by atoms with Gasteiger partial charge in [0.15, 0.2) is 0 Å². The van der Waals surface area contributed by atoms with E-state index in [2.05, 4.69) is 10.6 Å². The number of nitrogens with one attached hydrogen (secondary N) is 2. The molecule has 25 heavy (non-hydrogen) atoms. The fraction of sp³-hybridized carbons (Fsp3) is 0.500. The highest BCUT2D eigenvalue weighted by molar-refractivity contribution is 5.91. The molecule has 7 heteroatoms. The third kappa shape index (κ3) is 6.45. The first-order valence-electron chi connectivity index (χ1n) is 8.22. The number of alkyl carbamates (subject to hydrolysis) is 1. The van der Waals surface area contributed by atoms with Gasteiger partial charge in [0, 0.05) is 0 Å². The molecule has 0 spiro atoms. The normalized spacial score (nSPS) is 12.8. The van der Waals surface area contributed by atoms with E-state index < -0.39 is 23.5 Å². The monoisotopic (exact) mass is 350 g/mol. The van der Waals surface area contributed by atoms with Crippen LogP contribution in [0.15, 0.2) is 30.3 Å². The number of hydrogen-bond donors (Lipinski definition) is 2. The summed E-state index contributed by atoms with van der Waals surface area (Å²) >= 11 is 0. The van der Waals surface area contributed by atoms with Crippen LogP contribution in [0.5, 0.6) is 0 Å². The second kappa shape index (κ2) is 9.66. The molecular weight excluding hydrogens is 324 g/mol. The Hall–Kier alpha value is -2.57. The van der Waals surface area contributed by atoms with Crippen LogP contribution in [-0.2, 0) is 25.7 Å². The van der Waals surface area contributed by atoms with Gasteiger partial charge >= 0.3 is 12.1 Å². The SMILES string of the molecule is CCOC(=O)CNC(=O)[C@@](C)(NC(=O)OCc1ccccc1)C(C)C.